The highest BCUT2D eigenvalue weighted by molar-refractivity contribution is 6.34. The molecule has 0 spiro atoms. The van der Waals surface area contributed by atoms with Crippen molar-refractivity contribution in [1.82, 2.24) is 24.5 Å². The standard InChI is InChI=1S/C36H23N3.C20H13ClN2.C17H12/c1-3-11-24(12-4-1)28-19-20-32-31(22-28)36(38-35(37-32)25-13-5-2-6-14-25)39-33-18-10-9-17-29(33)30-21-26-15-7-8-16-27(26)23-34(30)39;21-19-17-13-16(14-7-3-1-4-8-14)11-12-18(17)22-20(23-19)15-9-5-2-6-10-15;1-2-6-13-11-17-15(9-12(13)5-1)10-14-7-3-4-8-16(14)17/h1-23H;1-13H;1-9,11H,10H2/i1D,2D,3D,4D,5D,6D,11D,12D,13D,14D;1D,2D,3D,4D,5D,6D,7D,8D,9D,10D;. The summed E-state index contributed by atoms with van der Waals surface area (Å²) in [5, 5.41) is 7.23. The molecule has 12 aromatic carbocycles. The Morgan fingerprint density at radius 1 is 0.342 bits per heavy atom. The molecule has 16 rings (SSSR count). The van der Waals surface area contributed by atoms with Gasteiger partial charge in [-0.2, -0.15) is 0 Å². The highest BCUT2D eigenvalue weighted by atomic mass is 35.5. The minimum absolute atomic E-state index is 0.00587. The molecule has 0 unspecified atom stereocenters. The largest absolute Gasteiger partial charge is 0.293 e. The highest BCUT2D eigenvalue weighted by Gasteiger charge is 2.20. The normalized spacial score (nSPS) is 15.1. The quantitative estimate of drug-likeness (QED) is 0.161. The molecule has 372 valence electrons. The molecule has 1 aliphatic carbocycles. The van der Waals surface area contributed by atoms with E-state index in [-0.39, 0.29) is 68.7 Å². The Kier molecular flexibility index (Phi) is 7.93. The maximum absolute atomic E-state index is 8.68. The number of fused-ring (bicyclic) bond motifs is 10. The minimum Gasteiger partial charge on any atom is -0.293 e. The lowest BCUT2D eigenvalue weighted by atomic mass is 10.0. The highest BCUT2D eigenvalue weighted by Crippen LogP contribution is 2.40. The van der Waals surface area contributed by atoms with E-state index in [1.54, 1.807) is 18.2 Å². The third-order valence-corrected chi connectivity index (χ3v) is 14.0. The molecule has 6 heteroatoms. The Balaban J connectivity index is 0.000000143. The van der Waals surface area contributed by atoms with Crippen LogP contribution in [0.2, 0.25) is 5.15 Å². The molecule has 0 fully saturated rings. The summed E-state index contributed by atoms with van der Waals surface area (Å²) < 4.78 is 165. The maximum Gasteiger partial charge on any atom is 0.162 e. The van der Waals surface area contributed by atoms with Crippen molar-refractivity contribution in [3.05, 3.63) is 295 Å². The molecule has 3 heterocycles. The second-order valence-electron chi connectivity index (χ2n) is 18.4. The molecule has 0 saturated heterocycles. The van der Waals surface area contributed by atoms with Crippen LogP contribution in [0.1, 0.15) is 38.5 Å². The first kappa shape index (κ1) is 30.6. The lowest BCUT2D eigenvalue weighted by molar-refractivity contribution is 1.08. The molecule has 5 nitrogen and oxygen atoms in total. The maximum atomic E-state index is 8.68. The average molecular weight is 1050 g/mol. The van der Waals surface area contributed by atoms with Crippen molar-refractivity contribution in [1.29, 1.82) is 0 Å². The zero-order valence-electron chi connectivity index (χ0n) is 61.3. The van der Waals surface area contributed by atoms with Gasteiger partial charge in [0, 0.05) is 32.7 Å². The van der Waals surface area contributed by atoms with E-state index in [0.717, 1.165) is 39.0 Å². The van der Waals surface area contributed by atoms with E-state index in [0.29, 0.717) is 33.2 Å². The van der Waals surface area contributed by atoms with Crippen molar-refractivity contribution in [3.8, 4) is 62.0 Å². The van der Waals surface area contributed by atoms with Gasteiger partial charge in [-0.25, -0.2) is 19.9 Å². The monoisotopic (exact) mass is 1050 g/mol. The molecule has 0 amide bonds. The van der Waals surface area contributed by atoms with E-state index < -0.39 is 96.7 Å². The number of nitrogens with zero attached hydrogens (tertiary/aromatic N) is 5. The topological polar surface area (TPSA) is 56.5 Å². The van der Waals surface area contributed by atoms with Gasteiger partial charge in [0.2, 0.25) is 0 Å². The summed E-state index contributed by atoms with van der Waals surface area (Å²) >= 11 is 6.35. The Morgan fingerprint density at radius 3 is 1.47 bits per heavy atom. The van der Waals surface area contributed by atoms with E-state index >= 15 is 0 Å². The van der Waals surface area contributed by atoms with E-state index in [4.69, 9.17) is 49.0 Å². The van der Waals surface area contributed by atoms with Gasteiger partial charge in [-0.1, -0.05) is 242 Å². The molecule has 3 aromatic heterocycles. The predicted molar refractivity (Wildman–Crippen MR) is 330 cm³/mol. The number of benzene rings is 12. The summed E-state index contributed by atoms with van der Waals surface area (Å²) in [6.45, 7) is 0. The smallest absolute Gasteiger partial charge is 0.162 e. The summed E-state index contributed by atoms with van der Waals surface area (Å²) in [6.07, 6.45) is 1.08. The van der Waals surface area contributed by atoms with Crippen molar-refractivity contribution in [2.24, 2.45) is 0 Å². The van der Waals surface area contributed by atoms with Gasteiger partial charge < -0.3 is 0 Å². The number of para-hydroxylation sites is 1. The lowest BCUT2D eigenvalue weighted by Crippen LogP contribution is -2.03. The fourth-order valence-corrected chi connectivity index (χ4v) is 10.4. The summed E-state index contributed by atoms with van der Waals surface area (Å²) in [4.78, 5) is 18.1. The SMILES string of the molecule is [2H]c1c([2H])c([2H])c(-c2ccc3nc(-c4c([2H])c([2H])c([2H])c([2H])c4[2H])nc(-n4c5ccccc5c5cc6ccccc6cc54)c3c2)c([2H])c1[2H].[2H]c1c([2H])c([2H])c(-c2ccc3nc(-c4c([2H])c([2H])c([2H])c([2H])c4[2H])nc(Cl)c3c2)c([2H])c1[2H].c1ccc2c(c1)Cc1cc3ccccc3cc1-2. The van der Waals surface area contributed by atoms with Crippen LogP contribution in [0.25, 0.3) is 127 Å². The number of hydrogen-bond acceptors (Lipinski definition) is 4. The van der Waals surface area contributed by atoms with Crippen LogP contribution in [0.3, 0.4) is 0 Å². The van der Waals surface area contributed by atoms with Gasteiger partial charge in [0.25, 0.3) is 0 Å². The predicted octanol–water partition coefficient (Wildman–Crippen LogP) is 19.2. The first-order valence-electron chi connectivity index (χ1n) is 35.0. The third-order valence-electron chi connectivity index (χ3n) is 13.8. The van der Waals surface area contributed by atoms with E-state index in [1.165, 1.54) is 51.2 Å². The van der Waals surface area contributed by atoms with Gasteiger partial charge in [0.05, 0.1) is 49.5 Å². The van der Waals surface area contributed by atoms with Gasteiger partial charge >= 0.3 is 0 Å². The molecule has 0 bridgehead atoms. The summed E-state index contributed by atoms with van der Waals surface area (Å²) in [6, 6.07) is 42.0. The zero-order valence-corrected chi connectivity index (χ0v) is 42.1. The van der Waals surface area contributed by atoms with Crippen LogP contribution in [0.15, 0.2) is 279 Å². The van der Waals surface area contributed by atoms with Crippen molar-refractivity contribution in [2.45, 2.75) is 6.42 Å². The average Bonchev–Trinajstić information content (AvgIpc) is 1.67. The number of rotatable bonds is 5. The first-order valence-corrected chi connectivity index (χ1v) is 25.3. The molecule has 0 saturated carbocycles. The molecule has 0 N–H and O–H groups in total. The second kappa shape index (κ2) is 20.5. The number of hydrogen-bond donors (Lipinski definition) is 0. The zero-order chi connectivity index (χ0) is 70.1. The fourth-order valence-electron chi connectivity index (χ4n) is 10.1. The number of halogens is 1. The van der Waals surface area contributed by atoms with Gasteiger partial charge in [0.1, 0.15) is 11.0 Å². The second-order valence-corrected chi connectivity index (χ2v) is 18.8. The van der Waals surface area contributed by atoms with Crippen molar-refractivity contribution in [2.75, 3.05) is 0 Å². The van der Waals surface area contributed by atoms with Gasteiger partial charge in [-0.15, -0.1) is 0 Å². The molecular weight excluding hydrogens is 982 g/mol. The van der Waals surface area contributed by atoms with Gasteiger partial charge in [-0.3, -0.25) is 4.57 Å². The Morgan fingerprint density at radius 2 is 0.835 bits per heavy atom. The van der Waals surface area contributed by atoms with Crippen LogP contribution in [0.4, 0.5) is 0 Å². The van der Waals surface area contributed by atoms with Gasteiger partial charge in [0.15, 0.2) is 11.6 Å². The van der Waals surface area contributed by atoms with Crippen LogP contribution < -0.4 is 0 Å². The van der Waals surface area contributed by atoms with Crippen LogP contribution >= 0.6 is 11.6 Å². The summed E-state index contributed by atoms with van der Waals surface area (Å²) in [5.74, 6) is 0.0874. The van der Waals surface area contributed by atoms with Crippen molar-refractivity contribution < 1.29 is 27.4 Å². The Labute approximate surface area is 490 Å². The van der Waals surface area contributed by atoms with Gasteiger partial charge in [-0.05, 0) is 121 Å². The third kappa shape index (κ3) is 9.12. The van der Waals surface area contributed by atoms with Crippen LogP contribution in [0.5, 0.6) is 0 Å². The Bertz CT molecular complexity index is 5910. The molecule has 0 atom stereocenters. The molecular formula is C73H48ClN5. The Hall–Kier alpha value is -10.1. The van der Waals surface area contributed by atoms with Crippen LogP contribution in [0, 0.1) is 0 Å². The van der Waals surface area contributed by atoms with E-state index in [9.17, 15) is 0 Å². The summed E-state index contributed by atoms with van der Waals surface area (Å²) in [5.41, 5.74) is 8.27. The molecule has 79 heavy (non-hydrogen) atoms. The molecule has 0 aliphatic heterocycles. The van der Waals surface area contributed by atoms with Crippen LogP contribution in [-0.4, -0.2) is 24.5 Å². The first-order chi connectivity index (χ1) is 47.3. The fraction of sp³-hybridized carbons (Fsp3) is 0.0137. The van der Waals surface area contributed by atoms with E-state index in [2.05, 4.69) is 76.7 Å². The number of aromatic nitrogens is 5. The van der Waals surface area contributed by atoms with Crippen molar-refractivity contribution >= 4 is 76.8 Å². The summed E-state index contributed by atoms with van der Waals surface area (Å²) in [7, 11) is 0. The molecule has 15 aromatic rings. The molecule has 0 radical (unpaired) electrons. The minimum atomic E-state index is -0.538. The lowest BCUT2D eigenvalue weighted by Gasteiger charge is -2.14. The van der Waals surface area contributed by atoms with Crippen molar-refractivity contribution in [3.63, 3.8) is 0 Å². The molecule has 1 aliphatic rings. The van der Waals surface area contributed by atoms with E-state index in [1.807, 2.05) is 59.2 Å². The van der Waals surface area contributed by atoms with Crippen LogP contribution in [-0.2, 0) is 6.42 Å².